The lowest BCUT2D eigenvalue weighted by Crippen LogP contribution is -2.32. The van der Waals surface area contributed by atoms with Crippen LogP contribution in [-0.4, -0.2) is 50.1 Å². The molecule has 1 aromatic rings. The number of benzene rings is 1. The molecule has 0 radical (unpaired) electrons. The van der Waals surface area contributed by atoms with Crippen LogP contribution in [0.3, 0.4) is 0 Å². The minimum Gasteiger partial charge on any atom is -0.313 e. The van der Waals surface area contributed by atoms with E-state index in [1.165, 1.54) is 22.0 Å². The van der Waals surface area contributed by atoms with E-state index in [-0.39, 0.29) is 0 Å². The largest absolute Gasteiger partial charge is 0.313 e. The van der Waals surface area contributed by atoms with Gasteiger partial charge >= 0.3 is 0 Å². The molecule has 120 valence electrons. The zero-order valence-electron chi connectivity index (χ0n) is 14.0. The van der Waals surface area contributed by atoms with Crippen molar-refractivity contribution in [3.8, 4) is 0 Å². The number of nitrogens with one attached hydrogen (secondary N) is 1. The molecule has 3 nitrogen and oxygen atoms in total. The molecule has 4 heteroatoms. The first-order chi connectivity index (χ1) is 10.1. The molecule has 0 unspecified atom stereocenters. The summed E-state index contributed by atoms with van der Waals surface area (Å²) < 4.78 is 1.23. The van der Waals surface area contributed by atoms with Gasteiger partial charge in [-0.2, -0.15) is 0 Å². The third-order valence-electron chi connectivity index (χ3n) is 3.49. The Hall–Kier alpha value is -0.420. The van der Waals surface area contributed by atoms with Crippen molar-refractivity contribution in [2.45, 2.75) is 33.4 Å². The van der Waals surface area contributed by atoms with Crippen molar-refractivity contribution in [3.63, 3.8) is 0 Å². The number of likely N-dealkylation sites (N-methyl/N-ethyl adjacent to an activating group) is 1. The van der Waals surface area contributed by atoms with Crippen molar-refractivity contribution < 1.29 is 0 Å². The molecule has 0 heterocycles. The van der Waals surface area contributed by atoms with Crippen LogP contribution in [0.5, 0.6) is 0 Å². The molecule has 0 atom stereocenters. The molecule has 0 spiro atoms. The van der Waals surface area contributed by atoms with Crippen LogP contribution in [0.4, 0.5) is 0 Å². The predicted octanol–water partition coefficient (Wildman–Crippen LogP) is 3.33. The monoisotopic (exact) mass is 355 g/mol. The Labute approximate surface area is 138 Å². The van der Waals surface area contributed by atoms with Crippen molar-refractivity contribution in [2.75, 3.05) is 40.3 Å². The summed E-state index contributed by atoms with van der Waals surface area (Å²) in [5.41, 5.74) is 2.71. The Balaban J connectivity index is 2.65. The van der Waals surface area contributed by atoms with Gasteiger partial charge in [-0.3, -0.25) is 4.90 Å². The second kappa shape index (κ2) is 10.3. The molecule has 0 saturated carbocycles. The summed E-state index contributed by atoms with van der Waals surface area (Å²) in [6, 6.07) is 6.74. The van der Waals surface area contributed by atoms with Crippen LogP contribution in [0.15, 0.2) is 22.7 Å². The molecule has 0 aliphatic rings. The minimum atomic E-state index is 0.939. The second-order valence-corrected chi connectivity index (χ2v) is 6.64. The number of hydrogen-bond donors (Lipinski definition) is 1. The van der Waals surface area contributed by atoms with Gasteiger partial charge in [-0.15, -0.1) is 0 Å². The van der Waals surface area contributed by atoms with Crippen LogP contribution in [0, 0.1) is 0 Å². The van der Waals surface area contributed by atoms with Gasteiger partial charge in [0.2, 0.25) is 0 Å². The first-order valence-corrected chi connectivity index (χ1v) is 8.71. The molecule has 0 fully saturated rings. The van der Waals surface area contributed by atoms with E-state index in [1.54, 1.807) is 0 Å². The highest BCUT2D eigenvalue weighted by Crippen LogP contribution is 2.20. The molecular formula is C17H30BrN3. The molecule has 0 aliphatic carbocycles. The van der Waals surface area contributed by atoms with Gasteiger partial charge in [-0.1, -0.05) is 41.9 Å². The third-order valence-corrected chi connectivity index (χ3v) is 4.23. The molecule has 0 amide bonds. The first kappa shape index (κ1) is 18.6. The molecule has 1 aromatic carbocycles. The summed E-state index contributed by atoms with van der Waals surface area (Å²) in [5.74, 6) is 0. The fraction of sp³-hybridized carbons (Fsp3) is 0.647. The number of halogens is 1. The number of nitrogens with zero attached hydrogens (tertiary/aromatic N) is 2. The summed E-state index contributed by atoms with van der Waals surface area (Å²) >= 11 is 3.73. The fourth-order valence-electron chi connectivity index (χ4n) is 2.27. The minimum absolute atomic E-state index is 0.939. The summed E-state index contributed by atoms with van der Waals surface area (Å²) in [7, 11) is 4.27. The molecule has 1 N–H and O–H groups in total. The molecule has 0 aromatic heterocycles. The topological polar surface area (TPSA) is 18.5 Å². The average molecular weight is 356 g/mol. The van der Waals surface area contributed by atoms with Crippen molar-refractivity contribution >= 4 is 15.9 Å². The Morgan fingerprint density at radius 3 is 2.43 bits per heavy atom. The van der Waals surface area contributed by atoms with Crippen LogP contribution in [0.25, 0.3) is 0 Å². The van der Waals surface area contributed by atoms with E-state index in [9.17, 15) is 0 Å². The maximum absolute atomic E-state index is 3.73. The van der Waals surface area contributed by atoms with Gasteiger partial charge in [-0.25, -0.2) is 0 Å². The van der Waals surface area contributed by atoms with Crippen molar-refractivity contribution in [2.24, 2.45) is 0 Å². The maximum atomic E-state index is 3.73. The average Bonchev–Trinajstić information content (AvgIpc) is 2.45. The van der Waals surface area contributed by atoms with E-state index in [2.05, 4.69) is 77.2 Å². The summed E-state index contributed by atoms with van der Waals surface area (Å²) in [5, 5.41) is 3.37. The smallest absolute Gasteiger partial charge is 0.0245 e. The standard InChI is InChI=1S/C17H30BrN3/c1-5-9-21(11-10-20(3)4)14-16-8-7-15(12-17(16)18)13-19-6-2/h7-8,12,19H,5-6,9-11,13-14H2,1-4H3. The lowest BCUT2D eigenvalue weighted by molar-refractivity contribution is 0.233. The molecule has 21 heavy (non-hydrogen) atoms. The number of rotatable bonds is 10. The van der Waals surface area contributed by atoms with Crippen molar-refractivity contribution in [3.05, 3.63) is 33.8 Å². The molecule has 0 bridgehead atoms. The normalized spacial score (nSPS) is 11.6. The van der Waals surface area contributed by atoms with E-state index < -0.39 is 0 Å². The lowest BCUT2D eigenvalue weighted by atomic mass is 10.1. The van der Waals surface area contributed by atoms with E-state index in [4.69, 9.17) is 0 Å². The predicted molar refractivity (Wildman–Crippen MR) is 95.6 cm³/mol. The van der Waals surface area contributed by atoms with Gasteiger partial charge in [-0.05, 0) is 50.8 Å². The Bertz CT molecular complexity index is 407. The highest BCUT2D eigenvalue weighted by atomic mass is 79.9. The van der Waals surface area contributed by atoms with Crippen molar-refractivity contribution in [1.82, 2.24) is 15.1 Å². The van der Waals surface area contributed by atoms with Gasteiger partial charge in [0.1, 0.15) is 0 Å². The molecular weight excluding hydrogens is 326 g/mol. The van der Waals surface area contributed by atoms with Crippen LogP contribution in [0.1, 0.15) is 31.4 Å². The van der Waals surface area contributed by atoms with Crippen molar-refractivity contribution in [1.29, 1.82) is 0 Å². The van der Waals surface area contributed by atoms with Gasteiger partial charge in [0.15, 0.2) is 0 Å². The quantitative estimate of drug-likeness (QED) is 0.694. The zero-order valence-corrected chi connectivity index (χ0v) is 15.5. The molecule has 0 saturated heterocycles. The maximum Gasteiger partial charge on any atom is 0.0245 e. The zero-order chi connectivity index (χ0) is 15.7. The third kappa shape index (κ3) is 7.41. The van der Waals surface area contributed by atoms with Gasteiger partial charge in [0.05, 0.1) is 0 Å². The fourth-order valence-corrected chi connectivity index (χ4v) is 2.82. The van der Waals surface area contributed by atoms with Gasteiger partial charge in [0.25, 0.3) is 0 Å². The van der Waals surface area contributed by atoms with Crippen LogP contribution < -0.4 is 5.32 Å². The second-order valence-electron chi connectivity index (χ2n) is 5.79. The van der Waals surface area contributed by atoms with Crippen LogP contribution in [-0.2, 0) is 13.1 Å². The highest BCUT2D eigenvalue weighted by Gasteiger charge is 2.09. The summed E-state index contributed by atoms with van der Waals surface area (Å²) in [4.78, 5) is 4.78. The van der Waals surface area contributed by atoms with E-state index in [1.807, 2.05) is 0 Å². The first-order valence-electron chi connectivity index (χ1n) is 7.91. The summed E-state index contributed by atoms with van der Waals surface area (Å²) in [6.07, 6.45) is 1.20. The van der Waals surface area contributed by atoms with Crippen LogP contribution >= 0.6 is 15.9 Å². The highest BCUT2D eigenvalue weighted by molar-refractivity contribution is 9.10. The van der Waals surface area contributed by atoms with E-state index >= 15 is 0 Å². The van der Waals surface area contributed by atoms with E-state index in [0.717, 1.165) is 39.3 Å². The Kier molecular flexibility index (Phi) is 9.16. The Morgan fingerprint density at radius 1 is 1.10 bits per heavy atom. The van der Waals surface area contributed by atoms with Gasteiger partial charge < -0.3 is 10.2 Å². The van der Waals surface area contributed by atoms with E-state index in [0.29, 0.717) is 0 Å². The molecule has 1 rings (SSSR count). The van der Waals surface area contributed by atoms with Gasteiger partial charge in [0, 0.05) is 30.7 Å². The van der Waals surface area contributed by atoms with Crippen LogP contribution in [0.2, 0.25) is 0 Å². The number of hydrogen-bond acceptors (Lipinski definition) is 3. The summed E-state index contributed by atoms with van der Waals surface area (Å²) in [6.45, 7) is 10.7. The SMILES string of the molecule is CCCN(CCN(C)C)Cc1ccc(CNCC)cc1Br. The Morgan fingerprint density at radius 2 is 1.86 bits per heavy atom. The lowest BCUT2D eigenvalue weighted by Gasteiger charge is -2.24. The molecule has 0 aliphatic heterocycles.